The van der Waals surface area contributed by atoms with E-state index < -0.39 is 0 Å². The van der Waals surface area contributed by atoms with E-state index in [-0.39, 0.29) is 48.6 Å². The molecule has 8 aromatic heterocycles. The Hall–Kier alpha value is -9.00. The maximum Gasteiger partial charge on any atom is 0.252 e. The lowest BCUT2D eigenvalue weighted by molar-refractivity contribution is -0.122. The SMILES string of the molecule is O=C(CCCC(=O)NCCCNC(=O)c1ccc(CN(Cc2ccccn2)C(c2ccccn2)c2ccccn2)nc1)NCCCNC(=O)c1ccc(CN(Cc2ccccn2)C(c2ccccn2)c2ccccn2)nc1. The number of rotatable bonds is 28. The summed E-state index contributed by atoms with van der Waals surface area (Å²) >= 11 is 0. The second-order valence-electron chi connectivity index (χ2n) is 18.1. The first-order valence-electron chi connectivity index (χ1n) is 25.8. The summed E-state index contributed by atoms with van der Waals surface area (Å²) in [5.41, 5.74) is 7.52. The number of amides is 4. The Morgan fingerprint density at radius 1 is 0.351 bits per heavy atom. The van der Waals surface area contributed by atoms with E-state index in [4.69, 9.17) is 0 Å². The Morgan fingerprint density at radius 2 is 0.675 bits per heavy atom. The Morgan fingerprint density at radius 3 is 0.974 bits per heavy atom. The first-order chi connectivity index (χ1) is 37.9. The molecule has 0 atom stereocenters. The highest BCUT2D eigenvalue weighted by molar-refractivity contribution is 5.94. The van der Waals surface area contributed by atoms with Crippen LogP contribution in [0.4, 0.5) is 0 Å². The molecule has 0 bridgehead atoms. The minimum atomic E-state index is -0.281. The fourth-order valence-electron chi connectivity index (χ4n) is 8.63. The highest BCUT2D eigenvalue weighted by Crippen LogP contribution is 2.30. The van der Waals surface area contributed by atoms with Gasteiger partial charge in [-0.1, -0.05) is 36.4 Å². The molecule has 0 fully saturated rings. The molecule has 0 spiro atoms. The number of nitrogens with zero attached hydrogens (tertiary/aromatic N) is 10. The summed E-state index contributed by atoms with van der Waals surface area (Å²) in [7, 11) is 0. The van der Waals surface area contributed by atoms with E-state index in [1.165, 1.54) is 0 Å². The topological polar surface area (TPSA) is 226 Å². The molecule has 8 rings (SSSR count). The lowest BCUT2D eigenvalue weighted by atomic mass is 10.1. The average Bonchev–Trinajstić information content (AvgIpc) is 3.47. The van der Waals surface area contributed by atoms with Gasteiger partial charge in [-0.2, -0.15) is 0 Å². The predicted molar refractivity (Wildman–Crippen MR) is 290 cm³/mol. The summed E-state index contributed by atoms with van der Waals surface area (Å²) in [5.74, 6) is -0.859. The van der Waals surface area contributed by atoms with E-state index in [2.05, 4.69) is 70.9 Å². The van der Waals surface area contributed by atoms with Gasteiger partial charge in [0.2, 0.25) is 11.8 Å². The standard InChI is InChI=1S/C59H62N14O4/c74-54(66-34-14-36-68-58(76)44-24-26-48(70-38-44)42-72(40-46-16-1-7-28-60-46)56(50-18-3-9-30-62-50)51-19-4-10-31-63-51)22-13-23-55(75)67-35-15-37-69-59(77)45-25-27-49(71-39-45)43-73(41-47-17-2-8-29-61-47)57(52-20-5-11-32-64-52)53-21-6-12-33-65-53/h1-12,16-21,24-33,38-39,56-57H,13-15,22-23,34-37,40-43H2,(H,66,74)(H,67,75)(H,68,76)(H,69,77). The normalized spacial score (nSPS) is 11.2. The van der Waals surface area contributed by atoms with Crippen molar-refractivity contribution in [1.29, 1.82) is 0 Å². The molecule has 0 aliphatic rings. The number of carbonyl (C=O) groups is 4. The molecule has 0 saturated carbocycles. The number of aromatic nitrogens is 8. The summed E-state index contributed by atoms with van der Waals surface area (Å²) in [6, 6.07) is 41.6. The van der Waals surface area contributed by atoms with Crippen molar-refractivity contribution in [2.24, 2.45) is 0 Å². The van der Waals surface area contributed by atoms with Crippen molar-refractivity contribution in [3.05, 3.63) is 240 Å². The van der Waals surface area contributed by atoms with Gasteiger partial charge >= 0.3 is 0 Å². The third kappa shape index (κ3) is 17.0. The first-order valence-corrected chi connectivity index (χ1v) is 25.8. The molecule has 0 aliphatic carbocycles. The van der Waals surface area contributed by atoms with Crippen LogP contribution in [0.3, 0.4) is 0 Å². The van der Waals surface area contributed by atoms with Gasteiger partial charge in [-0.05, 0) is 116 Å². The van der Waals surface area contributed by atoms with Crippen LogP contribution in [0.5, 0.6) is 0 Å². The van der Waals surface area contributed by atoms with E-state index >= 15 is 0 Å². The molecule has 0 unspecified atom stereocenters. The summed E-state index contributed by atoms with van der Waals surface area (Å²) in [5, 5.41) is 11.5. The second kappa shape index (κ2) is 29.2. The van der Waals surface area contributed by atoms with E-state index in [9.17, 15) is 19.2 Å². The number of nitrogens with one attached hydrogen (secondary N) is 4. The highest BCUT2D eigenvalue weighted by Gasteiger charge is 2.28. The molecule has 8 aromatic rings. The second-order valence-corrected chi connectivity index (χ2v) is 18.1. The number of carbonyl (C=O) groups excluding carboxylic acids is 4. The van der Waals surface area contributed by atoms with E-state index in [1.54, 1.807) is 61.7 Å². The van der Waals surface area contributed by atoms with E-state index in [0.717, 1.165) is 45.6 Å². The maximum absolute atomic E-state index is 13.0. The Bertz CT molecular complexity index is 2750. The molecule has 0 aliphatic heterocycles. The first kappa shape index (κ1) is 54.3. The Kier molecular flexibility index (Phi) is 20.6. The largest absolute Gasteiger partial charge is 0.356 e. The molecule has 4 amide bonds. The minimum Gasteiger partial charge on any atom is -0.356 e. The number of hydrogen-bond acceptors (Lipinski definition) is 14. The van der Waals surface area contributed by atoms with Crippen LogP contribution in [-0.2, 0) is 35.8 Å². The van der Waals surface area contributed by atoms with Crippen molar-refractivity contribution in [3.8, 4) is 0 Å². The lowest BCUT2D eigenvalue weighted by Gasteiger charge is -2.30. The molecule has 18 nitrogen and oxygen atoms in total. The van der Waals surface area contributed by atoms with Crippen LogP contribution in [-0.4, -0.2) is 99.5 Å². The molecular formula is C59H62N14O4. The van der Waals surface area contributed by atoms with Crippen LogP contribution in [0.15, 0.2) is 183 Å². The monoisotopic (exact) mass is 1030 g/mol. The maximum atomic E-state index is 13.0. The van der Waals surface area contributed by atoms with Gasteiger partial charge in [0.25, 0.3) is 11.8 Å². The van der Waals surface area contributed by atoms with E-state index in [1.807, 2.05) is 121 Å². The lowest BCUT2D eigenvalue weighted by Crippen LogP contribution is -2.31. The zero-order chi connectivity index (χ0) is 53.3. The Labute approximate surface area is 448 Å². The van der Waals surface area contributed by atoms with Crippen LogP contribution in [0, 0.1) is 0 Å². The van der Waals surface area contributed by atoms with Crippen LogP contribution < -0.4 is 21.3 Å². The summed E-state index contributed by atoms with van der Waals surface area (Å²) in [6.45, 7) is 3.37. The molecule has 0 saturated heterocycles. The average molecular weight is 1030 g/mol. The van der Waals surface area contributed by atoms with Gasteiger partial charge in [0, 0.05) is 115 Å². The molecule has 8 heterocycles. The summed E-state index contributed by atoms with van der Waals surface area (Å²) in [6.07, 6.45) is 15.6. The summed E-state index contributed by atoms with van der Waals surface area (Å²) < 4.78 is 0. The molecule has 18 heteroatoms. The Balaban J connectivity index is 0.701. The third-order valence-electron chi connectivity index (χ3n) is 12.4. The summed E-state index contributed by atoms with van der Waals surface area (Å²) in [4.78, 5) is 92.7. The molecule has 0 aromatic carbocycles. The third-order valence-corrected chi connectivity index (χ3v) is 12.4. The fourth-order valence-corrected chi connectivity index (χ4v) is 8.63. The van der Waals surface area contributed by atoms with Crippen molar-refractivity contribution < 1.29 is 19.2 Å². The van der Waals surface area contributed by atoms with Crippen molar-refractivity contribution in [1.82, 2.24) is 70.9 Å². The molecule has 4 N–H and O–H groups in total. The van der Waals surface area contributed by atoms with Crippen LogP contribution in [0.2, 0.25) is 0 Å². The van der Waals surface area contributed by atoms with Gasteiger partial charge in [-0.25, -0.2) is 0 Å². The smallest absolute Gasteiger partial charge is 0.252 e. The van der Waals surface area contributed by atoms with Crippen LogP contribution in [0.25, 0.3) is 0 Å². The van der Waals surface area contributed by atoms with Gasteiger partial charge < -0.3 is 21.3 Å². The fraction of sp³-hybridized carbons (Fsp3) is 0.254. The van der Waals surface area contributed by atoms with Gasteiger partial charge in [0.05, 0.1) is 68.8 Å². The molecule has 77 heavy (non-hydrogen) atoms. The van der Waals surface area contributed by atoms with Crippen molar-refractivity contribution >= 4 is 23.6 Å². The van der Waals surface area contributed by atoms with Crippen molar-refractivity contribution in [3.63, 3.8) is 0 Å². The zero-order valence-corrected chi connectivity index (χ0v) is 42.8. The molecular weight excluding hydrogens is 969 g/mol. The quantitative estimate of drug-likeness (QED) is 0.0372. The minimum absolute atomic E-state index is 0.167. The van der Waals surface area contributed by atoms with Crippen molar-refractivity contribution in [2.45, 2.75) is 70.4 Å². The predicted octanol–water partition coefficient (Wildman–Crippen LogP) is 6.77. The zero-order valence-electron chi connectivity index (χ0n) is 42.8. The number of pyridine rings is 8. The van der Waals surface area contributed by atoms with Crippen LogP contribution >= 0.6 is 0 Å². The highest BCUT2D eigenvalue weighted by atomic mass is 16.2. The van der Waals surface area contributed by atoms with Gasteiger partial charge in [-0.15, -0.1) is 0 Å². The number of hydrogen-bond donors (Lipinski definition) is 4. The van der Waals surface area contributed by atoms with Crippen LogP contribution in [0.1, 0.15) is 110 Å². The van der Waals surface area contributed by atoms with Gasteiger partial charge in [0.1, 0.15) is 0 Å². The van der Waals surface area contributed by atoms with Gasteiger partial charge in [-0.3, -0.25) is 68.8 Å². The van der Waals surface area contributed by atoms with Gasteiger partial charge in [0.15, 0.2) is 0 Å². The molecule has 0 radical (unpaired) electrons. The molecule has 392 valence electrons. The van der Waals surface area contributed by atoms with Crippen molar-refractivity contribution in [2.75, 3.05) is 26.2 Å². The van der Waals surface area contributed by atoms with E-state index in [0.29, 0.717) is 82.7 Å².